The van der Waals surface area contributed by atoms with Crippen LogP contribution in [0.4, 0.5) is 21.0 Å². The number of hydrogen-bond acceptors (Lipinski definition) is 8. The summed E-state index contributed by atoms with van der Waals surface area (Å²) in [5, 5.41) is 16.7. The van der Waals surface area contributed by atoms with Crippen molar-refractivity contribution in [3.8, 4) is 0 Å². The van der Waals surface area contributed by atoms with Gasteiger partial charge in [-0.05, 0) is 37.1 Å². The number of amides is 4. The average molecular weight is 480 g/mol. The summed E-state index contributed by atoms with van der Waals surface area (Å²) in [4.78, 5) is 61.4. The van der Waals surface area contributed by atoms with Gasteiger partial charge in [-0.15, -0.1) is 0 Å². The second-order valence-corrected chi connectivity index (χ2v) is 7.90. The first kappa shape index (κ1) is 23.4. The number of nitrogens with zero attached hydrogens (tertiary/aromatic N) is 2. The predicted molar refractivity (Wildman–Crippen MR) is 123 cm³/mol. The third-order valence-corrected chi connectivity index (χ3v) is 5.59. The Balaban J connectivity index is 1.66. The van der Waals surface area contributed by atoms with E-state index in [2.05, 4.69) is 10.6 Å². The van der Waals surface area contributed by atoms with E-state index in [0.29, 0.717) is 16.6 Å². The molecule has 2 N–H and O–H groups in total. The van der Waals surface area contributed by atoms with E-state index in [-0.39, 0.29) is 30.0 Å². The van der Waals surface area contributed by atoms with Crippen LogP contribution in [0.25, 0.3) is 11.0 Å². The minimum absolute atomic E-state index is 0.135. The zero-order chi connectivity index (χ0) is 25.3. The number of nitrogens with one attached hydrogen (secondary N) is 2. The number of benzene rings is 2. The van der Waals surface area contributed by atoms with Crippen molar-refractivity contribution in [3.63, 3.8) is 0 Å². The SMILES string of the molecule is CCOC(=O)Nc1ccc2c(CN3C(=O)NC(C)(c4cccc([N+](=O)[O-])c4)C3=O)cc(=O)oc2c1. The van der Waals surface area contributed by atoms with Crippen molar-refractivity contribution in [1.82, 2.24) is 10.2 Å². The van der Waals surface area contributed by atoms with Gasteiger partial charge in [0.25, 0.3) is 11.6 Å². The minimum Gasteiger partial charge on any atom is -0.450 e. The summed E-state index contributed by atoms with van der Waals surface area (Å²) in [6, 6.07) is 10.5. The fourth-order valence-corrected chi connectivity index (χ4v) is 3.86. The van der Waals surface area contributed by atoms with E-state index in [4.69, 9.17) is 9.15 Å². The molecular formula is C23H20N4O8. The molecule has 0 bridgehead atoms. The highest BCUT2D eigenvalue weighted by molar-refractivity contribution is 6.07. The maximum Gasteiger partial charge on any atom is 0.411 e. The number of rotatable bonds is 6. The summed E-state index contributed by atoms with van der Waals surface area (Å²) in [5.41, 5.74) is -1.42. The molecule has 1 aromatic heterocycles. The molecule has 1 aliphatic heterocycles. The Morgan fingerprint density at radius 3 is 2.69 bits per heavy atom. The molecule has 35 heavy (non-hydrogen) atoms. The standard InChI is InChI=1S/C23H20N4O8/c1-3-34-22(31)24-15-7-8-17-13(9-19(28)35-18(17)11-15)12-26-20(29)23(2,25-21(26)30)14-5-4-6-16(10-14)27(32)33/h4-11H,3,12H2,1-2H3,(H,24,31)(H,25,30). The van der Waals surface area contributed by atoms with Crippen LogP contribution in [0.1, 0.15) is 25.0 Å². The fourth-order valence-electron chi connectivity index (χ4n) is 3.86. The molecule has 12 nitrogen and oxygen atoms in total. The molecule has 1 aliphatic rings. The topological polar surface area (TPSA) is 161 Å². The summed E-state index contributed by atoms with van der Waals surface area (Å²) in [7, 11) is 0. The number of urea groups is 1. The molecule has 0 aliphatic carbocycles. The maximum atomic E-state index is 13.3. The number of imide groups is 1. The van der Waals surface area contributed by atoms with Crippen LogP contribution in [0.3, 0.4) is 0 Å². The number of fused-ring (bicyclic) bond motifs is 1. The summed E-state index contributed by atoms with van der Waals surface area (Å²) >= 11 is 0. The lowest BCUT2D eigenvalue weighted by Gasteiger charge is -2.22. The number of hydrogen-bond donors (Lipinski definition) is 2. The molecule has 1 atom stereocenters. The third kappa shape index (κ3) is 4.40. The van der Waals surface area contributed by atoms with Gasteiger partial charge >= 0.3 is 17.7 Å². The van der Waals surface area contributed by atoms with Crippen molar-refractivity contribution in [2.75, 3.05) is 11.9 Å². The summed E-state index contributed by atoms with van der Waals surface area (Å²) in [6.45, 7) is 3.05. The van der Waals surface area contributed by atoms with Crippen LogP contribution in [0.5, 0.6) is 0 Å². The van der Waals surface area contributed by atoms with Gasteiger partial charge < -0.3 is 14.5 Å². The molecule has 4 amide bonds. The molecule has 0 spiro atoms. The zero-order valence-electron chi connectivity index (χ0n) is 18.7. The number of nitro benzene ring substituents is 1. The first-order valence-electron chi connectivity index (χ1n) is 10.5. The molecule has 180 valence electrons. The molecular weight excluding hydrogens is 460 g/mol. The predicted octanol–water partition coefficient (Wildman–Crippen LogP) is 3.24. The van der Waals surface area contributed by atoms with Gasteiger partial charge in [0, 0.05) is 35.3 Å². The van der Waals surface area contributed by atoms with Crippen LogP contribution in [-0.4, -0.2) is 34.5 Å². The zero-order valence-corrected chi connectivity index (χ0v) is 18.7. The first-order valence-corrected chi connectivity index (χ1v) is 10.5. The largest absolute Gasteiger partial charge is 0.450 e. The molecule has 1 saturated heterocycles. The molecule has 4 rings (SSSR count). The third-order valence-electron chi connectivity index (χ3n) is 5.59. The van der Waals surface area contributed by atoms with Gasteiger partial charge in [0.2, 0.25) is 0 Å². The van der Waals surface area contributed by atoms with Crippen molar-refractivity contribution in [1.29, 1.82) is 0 Å². The van der Waals surface area contributed by atoms with E-state index in [1.165, 1.54) is 43.3 Å². The van der Waals surface area contributed by atoms with Crippen molar-refractivity contribution in [3.05, 3.63) is 80.2 Å². The minimum atomic E-state index is -1.53. The van der Waals surface area contributed by atoms with Crippen LogP contribution < -0.4 is 16.3 Å². The summed E-state index contributed by atoms with van der Waals surface area (Å²) in [5.74, 6) is -0.634. The Morgan fingerprint density at radius 2 is 1.97 bits per heavy atom. The average Bonchev–Trinajstić information content (AvgIpc) is 3.02. The normalized spacial score (nSPS) is 17.4. The van der Waals surface area contributed by atoms with E-state index in [0.717, 1.165) is 4.90 Å². The van der Waals surface area contributed by atoms with E-state index in [1.54, 1.807) is 19.1 Å². The van der Waals surface area contributed by atoms with E-state index >= 15 is 0 Å². The summed E-state index contributed by atoms with van der Waals surface area (Å²) in [6.07, 6.45) is -0.676. The first-order chi connectivity index (χ1) is 16.6. The smallest absolute Gasteiger partial charge is 0.411 e. The number of non-ortho nitro benzene ring substituents is 1. The molecule has 2 heterocycles. The molecule has 0 radical (unpaired) electrons. The Hall–Kier alpha value is -4.74. The van der Waals surface area contributed by atoms with Gasteiger partial charge in [-0.1, -0.05) is 12.1 Å². The van der Waals surface area contributed by atoms with E-state index < -0.39 is 34.1 Å². The lowest BCUT2D eigenvalue weighted by molar-refractivity contribution is -0.385. The molecule has 12 heteroatoms. The highest BCUT2D eigenvalue weighted by atomic mass is 16.6. The van der Waals surface area contributed by atoms with E-state index in [1.807, 2.05) is 0 Å². The quantitative estimate of drug-likeness (QED) is 0.235. The van der Waals surface area contributed by atoms with Crippen LogP contribution >= 0.6 is 0 Å². The second-order valence-electron chi connectivity index (χ2n) is 7.90. The number of carbonyl (C=O) groups is 3. The van der Waals surface area contributed by atoms with Crippen molar-refractivity contribution in [2.45, 2.75) is 25.9 Å². The highest BCUT2D eigenvalue weighted by Crippen LogP contribution is 2.32. The molecule has 3 aromatic rings. The number of ether oxygens (including phenoxy) is 1. The maximum absolute atomic E-state index is 13.3. The van der Waals surface area contributed by atoms with Gasteiger partial charge in [0.05, 0.1) is 18.1 Å². The van der Waals surface area contributed by atoms with Crippen molar-refractivity contribution < 1.29 is 28.5 Å². The fraction of sp³-hybridized carbons (Fsp3) is 0.217. The van der Waals surface area contributed by atoms with Gasteiger partial charge in [-0.3, -0.25) is 25.1 Å². The molecule has 2 aromatic carbocycles. The van der Waals surface area contributed by atoms with Crippen LogP contribution in [0, 0.1) is 10.1 Å². The molecule has 1 unspecified atom stereocenters. The van der Waals surface area contributed by atoms with Crippen molar-refractivity contribution in [2.24, 2.45) is 0 Å². The van der Waals surface area contributed by atoms with Crippen LogP contribution in [0.15, 0.2) is 57.7 Å². The van der Waals surface area contributed by atoms with Gasteiger partial charge in [0.1, 0.15) is 11.1 Å². The van der Waals surface area contributed by atoms with E-state index in [9.17, 15) is 29.3 Å². The van der Waals surface area contributed by atoms with Crippen molar-refractivity contribution >= 4 is 40.4 Å². The Labute approximate surface area is 197 Å². The molecule has 1 fully saturated rings. The number of anilines is 1. The second kappa shape index (κ2) is 8.89. The monoisotopic (exact) mass is 480 g/mol. The van der Waals surface area contributed by atoms with Gasteiger partial charge in [-0.25, -0.2) is 14.4 Å². The van der Waals surface area contributed by atoms with Crippen LogP contribution in [0.2, 0.25) is 0 Å². The number of nitro groups is 1. The Bertz CT molecular complexity index is 1430. The molecule has 0 saturated carbocycles. The van der Waals surface area contributed by atoms with Gasteiger partial charge in [-0.2, -0.15) is 0 Å². The summed E-state index contributed by atoms with van der Waals surface area (Å²) < 4.78 is 10.1. The highest BCUT2D eigenvalue weighted by Gasteiger charge is 2.49. The lowest BCUT2D eigenvalue weighted by Crippen LogP contribution is -2.40. The van der Waals surface area contributed by atoms with Gasteiger partial charge in [0.15, 0.2) is 0 Å². The Kier molecular flexibility index (Phi) is 5.95. The number of carbonyl (C=O) groups excluding carboxylic acids is 3. The van der Waals surface area contributed by atoms with Crippen LogP contribution in [-0.2, 0) is 21.6 Å². The lowest BCUT2D eigenvalue weighted by atomic mass is 9.91. The Morgan fingerprint density at radius 1 is 1.20 bits per heavy atom.